The van der Waals surface area contributed by atoms with E-state index in [1.807, 2.05) is 24.3 Å². The highest BCUT2D eigenvalue weighted by atomic mass is 79.9. The summed E-state index contributed by atoms with van der Waals surface area (Å²) in [7, 11) is 0. The van der Waals surface area contributed by atoms with Gasteiger partial charge in [0.25, 0.3) is 11.8 Å². The minimum atomic E-state index is -0.415. The number of anilines is 2. The van der Waals surface area contributed by atoms with Gasteiger partial charge in [-0.05, 0) is 106 Å². The van der Waals surface area contributed by atoms with Crippen LogP contribution in [0.3, 0.4) is 0 Å². The zero-order valence-electron chi connectivity index (χ0n) is 19.8. The molecule has 5 rings (SSSR count). The van der Waals surface area contributed by atoms with Crippen molar-refractivity contribution in [3.05, 3.63) is 77.0 Å². The Hall–Kier alpha value is -1.57. The van der Waals surface area contributed by atoms with E-state index in [4.69, 9.17) is 0 Å². The van der Waals surface area contributed by atoms with Gasteiger partial charge in [-0.1, -0.05) is 37.7 Å². The molecule has 1 aliphatic heterocycles. The molecule has 0 spiro atoms. The van der Waals surface area contributed by atoms with Crippen molar-refractivity contribution in [2.24, 2.45) is 0 Å². The van der Waals surface area contributed by atoms with Crippen molar-refractivity contribution in [3.63, 3.8) is 0 Å². The van der Waals surface area contributed by atoms with Crippen LogP contribution in [0.2, 0.25) is 0 Å². The van der Waals surface area contributed by atoms with E-state index in [-0.39, 0.29) is 11.7 Å². The van der Waals surface area contributed by atoms with E-state index >= 15 is 0 Å². The van der Waals surface area contributed by atoms with Crippen molar-refractivity contribution in [1.29, 1.82) is 0 Å². The zero-order valence-corrected chi connectivity index (χ0v) is 27.8. The molecule has 0 saturated heterocycles. The number of aromatic nitrogens is 1. The lowest BCUT2D eigenvalue weighted by molar-refractivity contribution is -0.113. The van der Waals surface area contributed by atoms with Gasteiger partial charge in [0.15, 0.2) is 4.34 Å². The van der Waals surface area contributed by atoms with Gasteiger partial charge in [-0.2, -0.15) is 0 Å². The molecule has 1 N–H and O–H groups in total. The highest BCUT2D eigenvalue weighted by Crippen LogP contribution is 2.46. The van der Waals surface area contributed by atoms with Crippen molar-refractivity contribution in [2.75, 3.05) is 16.0 Å². The summed E-state index contributed by atoms with van der Waals surface area (Å²) in [5.74, 6) is -0.306. The van der Waals surface area contributed by atoms with Crippen LogP contribution in [0.1, 0.15) is 46.0 Å². The summed E-state index contributed by atoms with van der Waals surface area (Å²) in [6, 6.07) is 13.1. The number of thiazole rings is 1. The standard InChI is InChI=1S/C26H17Br4N3O3S2/c1-11(2)12-3-5-13(6-4-12)31-17(34)10-37-26-32-15-8-7-14(9-16(15)38-26)33-24(35)18-19(25(33)36)21(28)23(30)22(29)20(18)27/h3-9,11H,10H2,1-2H3,(H,31,34). The van der Waals surface area contributed by atoms with Crippen LogP contribution < -0.4 is 10.2 Å². The fraction of sp³-hybridized carbons (Fsp3) is 0.154. The van der Waals surface area contributed by atoms with Crippen molar-refractivity contribution in [2.45, 2.75) is 24.1 Å². The van der Waals surface area contributed by atoms with Gasteiger partial charge in [-0.15, -0.1) is 11.3 Å². The van der Waals surface area contributed by atoms with Crippen molar-refractivity contribution in [1.82, 2.24) is 4.98 Å². The lowest BCUT2D eigenvalue weighted by Gasteiger charge is -2.13. The van der Waals surface area contributed by atoms with Crippen molar-refractivity contribution in [3.8, 4) is 0 Å². The number of thioether (sulfide) groups is 1. The average Bonchev–Trinajstić information content (AvgIpc) is 3.42. The topological polar surface area (TPSA) is 79.4 Å². The van der Waals surface area contributed by atoms with Crippen molar-refractivity contribution < 1.29 is 14.4 Å². The van der Waals surface area contributed by atoms with Crippen LogP contribution in [-0.2, 0) is 4.79 Å². The van der Waals surface area contributed by atoms with E-state index in [2.05, 4.69) is 87.9 Å². The number of nitrogens with one attached hydrogen (secondary N) is 1. The maximum atomic E-state index is 13.3. The van der Waals surface area contributed by atoms with Crippen LogP contribution in [0.5, 0.6) is 0 Å². The molecule has 0 bridgehead atoms. The summed E-state index contributed by atoms with van der Waals surface area (Å²) < 4.78 is 3.84. The van der Waals surface area contributed by atoms with Gasteiger partial charge >= 0.3 is 0 Å². The lowest BCUT2D eigenvalue weighted by Crippen LogP contribution is -2.29. The SMILES string of the molecule is CC(C)c1ccc(NC(=O)CSc2nc3ccc(N4C(=O)c5c(Br)c(Br)c(Br)c(Br)c5C4=O)cc3s2)cc1. The third-order valence-electron chi connectivity index (χ3n) is 5.90. The summed E-state index contributed by atoms with van der Waals surface area (Å²) in [5, 5.41) is 2.91. The van der Waals surface area contributed by atoms with Gasteiger partial charge < -0.3 is 5.32 Å². The summed E-state index contributed by atoms with van der Waals surface area (Å²) >= 11 is 16.5. The van der Waals surface area contributed by atoms with E-state index in [0.29, 0.717) is 40.6 Å². The zero-order chi connectivity index (χ0) is 27.3. The molecule has 3 amide bonds. The number of hydrogen-bond acceptors (Lipinski definition) is 6. The maximum absolute atomic E-state index is 13.3. The van der Waals surface area contributed by atoms with Gasteiger partial charge in [0, 0.05) is 23.6 Å². The molecule has 0 fully saturated rings. The summed E-state index contributed by atoms with van der Waals surface area (Å²) in [5.41, 5.74) is 3.75. The summed E-state index contributed by atoms with van der Waals surface area (Å²) in [6.07, 6.45) is 0. The van der Waals surface area contributed by atoms with Crippen LogP contribution >= 0.6 is 86.8 Å². The Morgan fingerprint density at radius 1 is 0.947 bits per heavy atom. The largest absolute Gasteiger partial charge is 0.325 e. The molecule has 1 aliphatic rings. The quantitative estimate of drug-likeness (QED) is 0.0912. The molecule has 0 atom stereocenters. The molecule has 0 radical (unpaired) electrons. The fourth-order valence-electron chi connectivity index (χ4n) is 3.95. The predicted octanol–water partition coefficient (Wildman–Crippen LogP) is 9.00. The number of fused-ring (bicyclic) bond motifs is 2. The second kappa shape index (κ2) is 11.1. The number of carbonyl (C=O) groups excluding carboxylic acids is 3. The van der Waals surface area contributed by atoms with Gasteiger partial charge in [-0.3, -0.25) is 14.4 Å². The maximum Gasteiger partial charge on any atom is 0.267 e. The van der Waals surface area contributed by atoms with Crippen LogP contribution in [0, 0.1) is 0 Å². The van der Waals surface area contributed by atoms with E-state index in [9.17, 15) is 14.4 Å². The smallest absolute Gasteiger partial charge is 0.267 e. The first-order valence-electron chi connectivity index (χ1n) is 11.2. The second-order valence-corrected chi connectivity index (χ2v) is 14.1. The Balaban J connectivity index is 1.32. The minimum absolute atomic E-state index is 0.119. The van der Waals surface area contributed by atoms with Gasteiger partial charge in [-0.25, -0.2) is 9.88 Å². The molecule has 3 aromatic carbocycles. The summed E-state index contributed by atoms with van der Waals surface area (Å²) in [4.78, 5) is 44.9. The third kappa shape index (κ3) is 5.15. The third-order valence-corrected chi connectivity index (χ3v) is 12.8. The molecule has 0 aliphatic carbocycles. The highest BCUT2D eigenvalue weighted by Gasteiger charge is 2.42. The fourth-order valence-corrected chi connectivity index (χ4v) is 8.31. The second-order valence-electron chi connectivity index (χ2n) is 8.70. The molecule has 194 valence electrons. The number of nitrogens with zero attached hydrogens (tertiary/aromatic N) is 2. The number of hydrogen-bond donors (Lipinski definition) is 1. The first-order chi connectivity index (χ1) is 18.1. The molecule has 12 heteroatoms. The highest BCUT2D eigenvalue weighted by molar-refractivity contribution is 9.15. The molecule has 4 aromatic rings. The number of amides is 3. The molecule has 1 aromatic heterocycles. The van der Waals surface area contributed by atoms with Crippen LogP contribution in [0.4, 0.5) is 11.4 Å². The van der Waals surface area contributed by atoms with Crippen molar-refractivity contribution >= 4 is 126 Å². The monoisotopic (exact) mass is 799 g/mol. The lowest BCUT2D eigenvalue weighted by atomic mass is 10.0. The predicted molar refractivity (Wildman–Crippen MR) is 168 cm³/mol. The van der Waals surface area contributed by atoms with Crippen LogP contribution in [-0.4, -0.2) is 28.5 Å². The number of carbonyl (C=O) groups is 3. The molecular weight excluding hydrogens is 786 g/mol. The molecule has 0 unspecified atom stereocenters. The minimum Gasteiger partial charge on any atom is -0.325 e. The number of halogens is 4. The molecule has 6 nitrogen and oxygen atoms in total. The first-order valence-corrected chi connectivity index (χ1v) is 16.2. The molecule has 38 heavy (non-hydrogen) atoms. The van der Waals surface area contributed by atoms with E-state index < -0.39 is 11.8 Å². The Morgan fingerprint density at radius 3 is 2.13 bits per heavy atom. The Kier molecular flexibility index (Phi) is 8.19. The van der Waals surface area contributed by atoms with Gasteiger partial charge in [0.2, 0.25) is 5.91 Å². The van der Waals surface area contributed by atoms with E-state index in [1.54, 1.807) is 18.2 Å². The Labute approximate surface area is 260 Å². The van der Waals surface area contributed by atoms with Crippen LogP contribution in [0.25, 0.3) is 10.2 Å². The number of benzene rings is 3. The number of imide groups is 1. The van der Waals surface area contributed by atoms with Gasteiger partial charge in [0.05, 0.1) is 32.8 Å². The molecule has 2 heterocycles. The Morgan fingerprint density at radius 2 is 1.55 bits per heavy atom. The first kappa shape index (κ1) is 28.0. The molecular formula is C26H17Br4N3O3S2. The van der Waals surface area contributed by atoms with E-state index in [0.717, 1.165) is 20.2 Å². The average molecular weight is 803 g/mol. The van der Waals surface area contributed by atoms with E-state index in [1.165, 1.54) is 33.6 Å². The molecule has 0 saturated carbocycles. The van der Waals surface area contributed by atoms with Gasteiger partial charge in [0.1, 0.15) is 0 Å². The number of rotatable bonds is 6. The normalized spacial score (nSPS) is 13.1. The van der Waals surface area contributed by atoms with Crippen LogP contribution in [0.15, 0.2) is 64.7 Å². The Bertz CT molecular complexity index is 1590. The summed E-state index contributed by atoms with van der Waals surface area (Å²) in [6.45, 7) is 4.25.